The third-order valence-electron chi connectivity index (χ3n) is 7.86. The van der Waals surface area contributed by atoms with Crippen molar-refractivity contribution in [3.63, 3.8) is 0 Å². The monoisotopic (exact) mass is 448 g/mol. The molecule has 0 fully saturated rings. The summed E-state index contributed by atoms with van der Waals surface area (Å²) in [6, 6.07) is 15.3. The number of benzene rings is 2. The number of halogens is 1. The van der Waals surface area contributed by atoms with E-state index in [1.54, 1.807) is 0 Å². The van der Waals surface area contributed by atoms with E-state index >= 15 is 0 Å². The summed E-state index contributed by atoms with van der Waals surface area (Å²) < 4.78 is 1.08. The van der Waals surface area contributed by atoms with Crippen molar-refractivity contribution in [2.45, 2.75) is 59.3 Å². The molecule has 0 unspecified atom stereocenters. The highest BCUT2D eigenvalue weighted by Gasteiger charge is 2.56. The van der Waals surface area contributed by atoms with Gasteiger partial charge in [0.2, 0.25) is 0 Å². The van der Waals surface area contributed by atoms with Gasteiger partial charge in [-0.15, -0.1) is 0 Å². The molecular weight excluding hydrogens is 416 g/mol. The Morgan fingerprint density at radius 3 is 2.10 bits per heavy atom. The van der Waals surface area contributed by atoms with E-state index < -0.39 is 0 Å². The van der Waals surface area contributed by atoms with Crippen molar-refractivity contribution in [2.75, 3.05) is 0 Å². The molecule has 0 atom stereocenters. The van der Waals surface area contributed by atoms with Gasteiger partial charge in [-0.3, -0.25) is 0 Å². The molecule has 0 saturated heterocycles. The Kier molecular flexibility index (Phi) is 5.60. The van der Waals surface area contributed by atoms with E-state index in [0.717, 1.165) is 15.6 Å². The van der Waals surface area contributed by atoms with Gasteiger partial charge in [-0.1, -0.05) is 119 Å². The number of rotatable bonds is 4. The maximum absolute atomic E-state index is 4.01. The van der Waals surface area contributed by atoms with Crippen LogP contribution in [-0.2, 0) is 10.8 Å². The van der Waals surface area contributed by atoms with E-state index in [2.05, 4.69) is 120 Å². The van der Waals surface area contributed by atoms with E-state index in [-0.39, 0.29) is 16.2 Å². The summed E-state index contributed by atoms with van der Waals surface area (Å²) in [5.41, 5.74) is 8.25. The van der Waals surface area contributed by atoms with Crippen molar-refractivity contribution in [2.24, 2.45) is 5.41 Å². The first-order valence-electron chi connectivity index (χ1n) is 10.4. The Morgan fingerprint density at radius 2 is 1.48 bits per heavy atom. The van der Waals surface area contributed by atoms with Crippen molar-refractivity contribution < 1.29 is 0 Å². The van der Waals surface area contributed by atoms with Crippen LogP contribution in [0, 0.1) is 5.41 Å². The van der Waals surface area contributed by atoms with E-state index in [0.29, 0.717) is 0 Å². The smallest absolute Gasteiger partial charge is 0.0253 e. The molecule has 0 nitrogen and oxygen atoms in total. The summed E-state index contributed by atoms with van der Waals surface area (Å²) in [5.74, 6) is 0. The lowest BCUT2D eigenvalue weighted by molar-refractivity contribution is 0.125. The lowest BCUT2D eigenvalue weighted by Gasteiger charge is -2.44. The fourth-order valence-electron chi connectivity index (χ4n) is 4.58. The number of allylic oxidation sites excluding steroid dienone is 5. The fourth-order valence-corrected chi connectivity index (χ4v) is 5.09. The van der Waals surface area contributed by atoms with Crippen LogP contribution in [0.15, 0.2) is 71.7 Å². The number of hydrogen-bond donors (Lipinski definition) is 0. The minimum Gasteiger partial charge on any atom is -0.0984 e. The van der Waals surface area contributed by atoms with Gasteiger partial charge in [-0.25, -0.2) is 0 Å². The van der Waals surface area contributed by atoms with Gasteiger partial charge in [0.1, 0.15) is 0 Å². The molecule has 1 aliphatic rings. The highest BCUT2D eigenvalue weighted by molar-refractivity contribution is 9.10. The maximum atomic E-state index is 4.01. The minimum atomic E-state index is 0.124. The topological polar surface area (TPSA) is 0 Å². The van der Waals surface area contributed by atoms with Crippen LogP contribution >= 0.6 is 15.9 Å². The molecule has 2 aromatic rings. The molecule has 0 amide bonds. The lowest BCUT2D eigenvalue weighted by atomic mass is 9.59. The normalized spacial score (nSPS) is 19.7. The molecule has 0 heterocycles. The van der Waals surface area contributed by atoms with E-state index in [1.807, 2.05) is 12.1 Å². The Hall–Kier alpha value is -1.86. The molecule has 0 spiro atoms. The molecule has 1 heteroatoms. The first-order chi connectivity index (χ1) is 13.4. The second-order valence-electron chi connectivity index (χ2n) is 9.79. The predicted molar refractivity (Wildman–Crippen MR) is 132 cm³/mol. The Bertz CT molecular complexity index is 1010. The third-order valence-corrected chi connectivity index (χ3v) is 8.56. The molecule has 152 valence electrons. The molecular formula is C28H33Br. The van der Waals surface area contributed by atoms with Gasteiger partial charge in [0.25, 0.3) is 0 Å². The zero-order valence-corrected chi connectivity index (χ0v) is 20.4. The van der Waals surface area contributed by atoms with Crippen LogP contribution in [0.5, 0.6) is 0 Å². The standard InChI is InChI=1S/C28H33Br/c1-9-20(22-12-10-11-13-25(22)29)15-14-19(2)21-16-17-23-24(18-21)27(5,6)28(7,8)26(23,3)4/h9-18H,1H2,2-8H3/b19-14+,20-15+. The van der Waals surface area contributed by atoms with Crippen LogP contribution in [0.1, 0.15) is 70.7 Å². The first-order valence-corrected chi connectivity index (χ1v) is 11.2. The van der Waals surface area contributed by atoms with Crippen molar-refractivity contribution in [3.8, 4) is 0 Å². The molecule has 1 aliphatic carbocycles. The largest absolute Gasteiger partial charge is 0.0984 e. The lowest BCUT2D eigenvalue weighted by Crippen LogP contribution is -2.42. The molecule has 2 aromatic carbocycles. The van der Waals surface area contributed by atoms with Gasteiger partial charge in [-0.05, 0) is 62.6 Å². The molecule has 0 radical (unpaired) electrons. The first kappa shape index (κ1) is 21.8. The summed E-state index contributed by atoms with van der Waals surface area (Å²) in [4.78, 5) is 0. The summed E-state index contributed by atoms with van der Waals surface area (Å²) in [6.07, 6.45) is 6.28. The van der Waals surface area contributed by atoms with Crippen LogP contribution in [0.3, 0.4) is 0 Å². The van der Waals surface area contributed by atoms with Crippen LogP contribution in [0.2, 0.25) is 0 Å². The minimum absolute atomic E-state index is 0.124. The highest BCUT2D eigenvalue weighted by atomic mass is 79.9. The molecule has 0 N–H and O–H groups in total. The second kappa shape index (κ2) is 7.43. The quantitative estimate of drug-likeness (QED) is 0.410. The van der Waals surface area contributed by atoms with Crippen LogP contribution in [-0.4, -0.2) is 0 Å². The van der Waals surface area contributed by atoms with E-state index in [4.69, 9.17) is 0 Å². The zero-order valence-electron chi connectivity index (χ0n) is 18.9. The van der Waals surface area contributed by atoms with Gasteiger partial charge < -0.3 is 0 Å². The molecule has 0 saturated carbocycles. The Labute approximate surface area is 185 Å². The van der Waals surface area contributed by atoms with E-state index in [9.17, 15) is 0 Å². The molecule has 0 aliphatic heterocycles. The number of hydrogen-bond acceptors (Lipinski definition) is 0. The Balaban J connectivity index is 2.03. The molecule has 3 rings (SSSR count). The van der Waals surface area contributed by atoms with Gasteiger partial charge in [0.15, 0.2) is 0 Å². The predicted octanol–water partition coefficient (Wildman–Crippen LogP) is 8.72. The molecule has 0 aromatic heterocycles. The maximum Gasteiger partial charge on any atom is 0.0253 e. The average Bonchev–Trinajstić information content (AvgIpc) is 2.78. The number of fused-ring (bicyclic) bond motifs is 1. The summed E-state index contributed by atoms with van der Waals surface area (Å²) >= 11 is 3.65. The van der Waals surface area contributed by atoms with Crippen LogP contribution in [0.4, 0.5) is 0 Å². The second-order valence-corrected chi connectivity index (χ2v) is 10.6. The summed E-state index contributed by atoms with van der Waals surface area (Å²) in [7, 11) is 0. The van der Waals surface area contributed by atoms with Gasteiger partial charge in [0, 0.05) is 4.47 Å². The zero-order chi connectivity index (χ0) is 21.6. The highest BCUT2D eigenvalue weighted by Crippen LogP contribution is 2.61. The molecule has 29 heavy (non-hydrogen) atoms. The fraction of sp³-hybridized carbons (Fsp3) is 0.357. The summed E-state index contributed by atoms with van der Waals surface area (Å²) in [6.45, 7) is 20.6. The van der Waals surface area contributed by atoms with Gasteiger partial charge >= 0.3 is 0 Å². The summed E-state index contributed by atoms with van der Waals surface area (Å²) in [5, 5.41) is 0. The van der Waals surface area contributed by atoms with E-state index in [1.165, 1.54) is 22.3 Å². The van der Waals surface area contributed by atoms with Gasteiger partial charge in [0.05, 0.1) is 0 Å². The van der Waals surface area contributed by atoms with Crippen LogP contribution < -0.4 is 0 Å². The Morgan fingerprint density at radius 1 is 0.862 bits per heavy atom. The van der Waals surface area contributed by atoms with Crippen LogP contribution in [0.25, 0.3) is 11.1 Å². The van der Waals surface area contributed by atoms with Crippen molar-refractivity contribution in [3.05, 3.63) is 94.0 Å². The SMILES string of the molecule is C=C/C(=C\C=C(/C)c1ccc2c(c1)C(C)(C)C(C)(C)C2(C)C)c1ccccc1Br. The van der Waals surface area contributed by atoms with Crippen molar-refractivity contribution in [1.82, 2.24) is 0 Å². The third kappa shape index (κ3) is 3.38. The van der Waals surface area contributed by atoms with Gasteiger partial charge in [-0.2, -0.15) is 0 Å². The average molecular weight is 449 g/mol. The van der Waals surface area contributed by atoms with Crippen molar-refractivity contribution in [1.29, 1.82) is 0 Å². The van der Waals surface area contributed by atoms with Crippen molar-refractivity contribution >= 4 is 27.1 Å². The molecule has 0 bridgehead atoms.